The summed E-state index contributed by atoms with van der Waals surface area (Å²) in [5.41, 5.74) is 1.80. The molecular formula is C23H32FN5O. The Morgan fingerprint density at radius 1 is 1.17 bits per heavy atom. The number of halogens is 1. The van der Waals surface area contributed by atoms with Gasteiger partial charge in [0.2, 0.25) is 5.91 Å². The van der Waals surface area contributed by atoms with Crippen molar-refractivity contribution in [3.05, 3.63) is 53.2 Å². The summed E-state index contributed by atoms with van der Waals surface area (Å²) >= 11 is 0. The molecule has 2 aromatic rings. The molecule has 1 fully saturated rings. The molecule has 0 radical (unpaired) electrons. The van der Waals surface area contributed by atoms with E-state index < -0.39 is 0 Å². The minimum absolute atomic E-state index is 0.0789. The highest BCUT2D eigenvalue weighted by Crippen LogP contribution is 2.19. The second-order valence-electron chi connectivity index (χ2n) is 8.18. The molecule has 0 atom stereocenters. The topological polar surface area (TPSA) is 52.6 Å². The fourth-order valence-corrected chi connectivity index (χ4v) is 3.65. The van der Waals surface area contributed by atoms with Crippen LogP contribution in [0.5, 0.6) is 0 Å². The number of carbonyl (C=O) groups excluding carboxylic acids is 1. The minimum atomic E-state index is -0.271. The Bertz CT molecular complexity index is 864. The summed E-state index contributed by atoms with van der Waals surface area (Å²) in [5, 5.41) is 0. The van der Waals surface area contributed by atoms with Crippen LogP contribution in [0.2, 0.25) is 0 Å². The van der Waals surface area contributed by atoms with Gasteiger partial charge in [0.25, 0.3) is 0 Å². The Morgan fingerprint density at radius 3 is 2.53 bits per heavy atom. The maximum atomic E-state index is 13.4. The second-order valence-corrected chi connectivity index (χ2v) is 8.18. The summed E-state index contributed by atoms with van der Waals surface area (Å²) in [6.07, 6.45) is 0. The molecule has 1 saturated heterocycles. The molecule has 1 amide bonds. The average Bonchev–Trinajstić information content (AvgIpc) is 2.72. The first-order chi connectivity index (χ1) is 14.4. The summed E-state index contributed by atoms with van der Waals surface area (Å²) < 4.78 is 13.4. The largest absolute Gasteiger partial charge is 0.354 e. The number of nitrogens with zero attached hydrogens (tertiary/aromatic N) is 5. The van der Waals surface area contributed by atoms with Crippen LogP contribution in [0.1, 0.15) is 43.8 Å². The lowest BCUT2D eigenvalue weighted by Gasteiger charge is -2.36. The van der Waals surface area contributed by atoms with Crippen molar-refractivity contribution in [2.24, 2.45) is 0 Å². The lowest BCUT2D eigenvalue weighted by atomic mass is 10.2. The smallest absolute Gasteiger partial charge is 0.237 e. The van der Waals surface area contributed by atoms with Gasteiger partial charge in [0, 0.05) is 56.9 Å². The zero-order valence-corrected chi connectivity index (χ0v) is 18.4. The molecule has 0 bridgehead atoms. The highest BCUT2D eigenvalue weighted by molar-refractivity contribution is 5.78. The van der Waals surface area contributed by atoms with Crippen LogP contribution in [0.25, 0.3) is 0 Å². The van der Waals surface area contributed by atoms with Crippen LogP contribution in [0.15, 0.2) is 30.3 Å². The van der Waals surface area contributed by atoms with E-state index >= 15 is 0 Å². The van der Waals surface area contributed by atoms with Crippen LogP contribution in [-0.2, 0) is 11.3 Å². The molecule has 0 spiro atoms. The van der Waals surface area contributed by atoms with Gasteiger partial charge in [0.15, 0.2) is 0 Å². The Kier molecular flexibility index (Phi) is 7.37. The van der Waals surface area contributed by atoms with Crippen LogP contribution >= 0.6 is 0 Å². The molecule has 1 aliphatic heterocycles. The van der Waals surface area contributed by atoms with E-state index in [0.29, 0.717) is 25.6 Å². The first-order valence-corrected chi connectivity index (χ1v) is 10.7. The molecule has 6 nitrogen and oxygen atoms in total. The van der Waals surface area contributed by atoms with Crippen molar-refractivity contribution in [2.45, 2.75) is 40.2 Å². The monoisotopic (exact) mass is 413 g/mol. The number of rotatable bonds is 7. The van der Waals surface area contributed by atoms with Gasteiger partial charge in [-0.3, -0.25) is 9.69 Å². The molecule has 0 saturated carbocycles. The van der Waals surface area contributed by atoms with Crippen molar-refractivity contribution in [3.8, 4) is 0 Å². The number of hydrogen-bond donors (Lipinski definition) is 0. The fraction of sp³-hybridized carbons (Fsp3) is 0.522. The molecule has 7 heteroatoms. The lowest BCUT2D eigenvalue weighted by Crippen LogP contribution is -2.50. The van der Waals surface area contributed by atoms with Crippen LogP contribution in [0, 0.1) is 12.7 Å². The van der Waals surface area contributed by atoms with E-state index in [1.165, 1.54) is 12.1 Å². The third kappa shape index (κ3) is 5.75. The number of hydrogen-bond acceptors (Lipinski definition) is 5. The normalized spacial score (nSPS) is 14.9. The zero-order valence-electron chi connectivity index (χ0n) is 18.4. The number of piperazine rings is 1. The molecule has 1 aliphatic rings. The summed E-state index contributed by atoms with van der Waals surface area (Å²) in [6.45, 7) is 12.9. The summed E-state index contributed by atoms with van der Waals surface area (Å²) in [4.78, 5) is 28.3. The van der Waals surface area contributed by atoms with Gasteiger partial charge >= 0.3 is 0 Å². The van der Waals surface area contributed by atoms with Crippen LogP contribution in [0.3, 0.4) is 0 Å². The summed E-state index contributed by atoms with van der Waals surface area (Å²) in [5.74, 6) is 1.94. The van der Waals surface area contributed by atoms with Gasteiger partial charge in [-0.2, -0.15) is 0 Å². The number of carbonyl (C=O) groups is 1. The van der Waals surface area contributed by atoms with Crippen molar-refractivity contribution < 1.29 is 9.18 Å². The maximum Gasteiger partial charge on any atom is 0.237 e. The Morgan fingerprint density at radius 2 is 1.90 bits per heavy atom. The zero-order chi connectivity index (χ0) is 21.7. The SMILES string of the molecule is CCN(Cc1cccc(F)c1)C(=O)CN1CCN(c2cc(C)nc(C(C)C)n2)CC1. The van der Waals surface area contributed by atoms with E-state index in [1.807, 2.05) is 26.0 Å². The van der Waals surface area contributed by atoms with E-state index in [9.17, 15) is 9.18 Å². The molecule has 162 valence electrons. The molecule has 0 unspecified atom stereocenters. The van der Waals surface area contributed by atoms with E-state index in [0.717, 1.165) is 49.1 Å². The Balaban J connectivity index is 1.55. The first-order valence-electron chi connectivity index (χ1n) is 10.7. The Hall–Kier alpha value is -2.54. The summed E-state index contributed by atoms with van der Waals surface area (Å²) in [7, 11) is 0. The molecule has 3 rings (SSSR count). The third-order valence-electron chi connectivity index (χ3n) is 5.43. The molecule has 2 heterocycles. The van der Waals surface area contributed by atoms with Crippen molar-refractivity contribution in [3.63, 3.8) is 0 Å². The molecule has 0 N–H and O–H groups in total. The number of amides is 1. The molecule has 0 aliphatic carbocycles. The maximum absolute atomic E-state index is 13.4. The predicted octanol–water partition coefficient (Wildman–Crippen LogP) is 3.22. The number of aromatic nitrogens is 2. The average molecular weight is 414 g/mol. The Labute approximate surface area is 178 Å². The van der Waals surface area contributed by atoms with Gasteiger partial charge in [-0.05, 0) is 31.5 Å². The fourth-order valence-electron chi connectivity index (χ4n) is 3.65. The van der Waals surface area contributed by atoms with E-state index in [-0.39, 0.29) is 11.7 Å². The molecular weight excluding hydrogens is 381 g/mol. The quantitative estimate of drug-likeness (QED) is 0.698. The third-order valence-corrected chi connectivity index (χ3v) is 5.43. The van der Waals surface area contributed by atoms with Crippen LogP contribution in [-0.4, -0.2) is 64.9 Å². The number of benzene rings is 1. The number of anilines is 1. The van der Waals surface area contributed by atoms with Crippen LogP contribution < -0.4 is 4.90 Å². The standard InChI is InChI=1S/C23H32FN5O/c1-5-28(15-19-7-6-8-20(24)14-19)22(30)16-27-9-11-29(12-10-27)21-13-18(4)25-23(26-21)17(2)3/h6-8,13-14,17H,5,9-12,15-16H2,1-4H3. The highest BCUT2D eigenvalue weighted by atomic mass is 19.1. The van der Waals surface area contributed by atoms with Gasteiger partial charge in [0.05, 0.1) is 6.54 Å². The molecule has 30 heavy (non-hydrogen) atoms. The van der Waals surface area contributed by atoms with Crippen molar-refractivity contribution in [2.75, 3.05) is 44.2 Å². The van der Waals surface area contributed by atoms with Gasteiger partial charge in [0.1, 0.15) is 17.5 Å². The van der Waals surface area contributed by atoms with Crippen LogP contribution in [0.4, 0.5) is 10.2 Å². The molecule has 1 aromatic carbocycles. The summed E-state index contributed by atoms with van der Waals surface area (Å²) in [6, 6.07) is 8.48. The van der Waals surface area contributed by atoms with E-state index in [2.05, 4.69) is 28.6 Å². The van der Waals surface area contributed by atoms with Crippen molar-refractivity contribution >= 4 is 11.7 Å². The number of aryl methyl sites for hydroxylation is 1. The van der Waals surface area contributed by atoms with Gasteiger partial charge < -0.3 is 9.80 Å². The van der Waals surface area contributed by atoms with Gasteiger partial charge in [-0.1, -0.05) is 26.0 Å². The predicted molar refractivity (Wildman–Crippen MR) is 117 cm³/mol. The highest BCUT2D eigenvalue weighted by Gasteiger charge is 2.23. The molecule has 1 aromatic heterocycles. The van der Waals surface area contributed by atoms with Gasteiger partial charge in [-0.15, -0.1) is 0 Å². The van der Waals surface area contributed by atoms with E-state index in [4.69, 9.17) is 4.98 Å². The minimum Gasteiger partial charge on any atom is -0.354 e. The first kappa shape index (κ1) is 22.2. The lowest BCUT2D eigenvalue weighted by molar-refractivity contribution is -0.132. The second kappa shape index (κ2) is 9.98. The van der Waals surface area contributed by atoms with Crippen molar-refractivity contribution in [1.29, 1.82) is 0 Å². The van der Waals surface area contributed by atoms with Gasteiger partial charge in [-0.25, -0.2) is 14.4 Å². The van der Waals surface area contributed by atoms with E-state index in [1.54, 1.807) is 11.0 Å². The number of likely N-dealkylation sites (N-methyl/N-ethyl adjacent to an activating group) is 1. The van der Waals surface area contributed by atoms with Crippen molar-refractivity contribution in [1.82, 2.24) is 19.8 Å².